The molecule has 0 amide bonds. The Labute approximate surface area is 180 Å². The number of ether oxygens (including phenoxy) is 1. The summed E-state index contributed by atoms with van der Waals surface area (Å²) < 4.78 is 22.9. The summed E-state index contributed by atoms with van der Waals surface area (Å²) >= 11 is 5.68. The van der Waals surface area contributed by atoms with Crippen molar-refractivity contribution in [3.63, 3.8) is 0 Å². The van der Waals surface area contributed by atoms with Gasteiger partial charge >= 0.3 is 0 Å². The Morgan fingerprint density at radius 1 is 1.13 bits per heavy atom. The zero-order valence-corrected chi connectivity index (χ0v) is 17.3. The van der Waals surface area contributed by atoms with Crippen LogP contribution in [0.25, 0.3) is 0 Å². The number of rotatable bonds is 5. The summed E-state index contributed by atoms with van der Waals surface area (Å²) in [6, 6.07) is 16.3. The van der Waals surface area contributed by atoms with E-state index in [0.717, 1.165) is 37.4 Å². The summed E-state index contributed by atoms with van der Waals surface area (Å²) in [6.45, 7) is 1.58. The Balaban J connectivity index is 1.59. The molecule has 7 heteroatoms. The largest absolute Gasteiger partial charge is 0.376 e. The minimum Gasteiger partial charge on any atom is -0.376 e. The van der Waals surface area contributed by atoms with E-state index in [1.54, 1.807) is 18.3 Å². The molecule has 5 rings (SSSR count). The van der Waals surface area contributed by atoms with Crippen molar-refractivity contribution in [2.45, 2.75) is 37.6 Å². The molecule has 1 aromatic carbocycles. The number of nitrogens with zero attached hydrogens (tertiary/aromatic N) is 3. The van der Waals surface area contributed by atoms with Crippen LogP contribution in [-0.2, 0) is 11.3 Å². The first kappa shape index (κ1) is 19.2. The van der Waals surface area contributed by atoms with Gasteiger partial charge in [0.05, 0.1) is 23.5 Å². The highest BCUT2D eigenvalue weighted by atomic mass is 32.1. The van der Waals surface area contributed by atoms with Gasteiger partial charge in [0.2, 0.25) is 0 Å². The highest BCUT2D eigenvalue weighted by Crippen LogP contribution is 2.42. The monoisotopic (exact) mass is 422 g/mol. The molecule has 0 bridgehead atoms. The van der Waals surface area contributed by atoms with Crippen molar-refractivity contribution in [3.8, 4) is 0 Å². The third-order valence-corrected chi connectivity index (χ3v) is 6.12. The van der Waals surface area contributed by atoms with Crippen LogP contribution in [0.15, 0.2) is 67.0 Å². The minimum absolute atomic E-state index is 0.198. The molecule has 1 N–H and O–H groups in total. The number of anilines is 1. The molecule has 4 heterocycles. The van der Waals surface area contributed by atoms with E-state index in [1.807, 2.05) is 35.2 Å². The van der Waals surface area contributed by atoms with Crippen molar-refractivity contribution in [3.05, 3.63) is 84.2 Å². The summed E-state index contributed by atoms with van der Waals surface area (Å²) in [7, 11) is 0. The standard InChI is InChI=1S/C23H23FN4OS/c24-17-8-1-2-10-19(17)28-22(21(26-23(28)30)18-9-3-4-12-25-18)20-11-5-13-27(20)15-16-7-6-14-29-16/h1-5,8-13,16,21-22H,6-7,14-15H2,(H,26,30). The summed E-state index contributed by atoms with van der Waals surface area (Å²) in [5.41, 5.74) is 2.38. The summed E-state index contributed by atoms with van der Waals surface area (Å²) in [5, 5.41) is 3.88. The fourth-order valence-electron chi connectivity index (χ4n) is 4.43. The van der Waals surface area contributed by atoms with Crippen LogP contribution in [0, 0.1) is 5.82 Å². The predicted molar refractivity (Wildman–Crippen MR) is 118 cm³/mol. The fraction of sp³-hybridized carbons (Fsp3) is 0.304. The van der Waals surface area contributed by atoms with E-state index < -0.39 is 0 Å². The fourth-order valence-corrected chi connectivity index (χ4v) is 4.77. The maximum absolute atomic E-state index is 14.8. The normalized spacial score (nSPS) is 23.7. The lowest BCUT2D eigenvalue weighted by Crippen LogP contribution is -2.31. The number of hydrogen-bond donors (Lipinski definition) is 1. The molecule has 2 saturated heterocycles. The maximum atomic E-state index is 14.8. The number of hydrogen-bond acceptors (Lipinski definition) is 3. The Morgan fingerprint density at radius 3 is 2.77 bits per heavy atom. The van der Waals surface area contributed by atoms with Crippen LogP contribution < -0.4 is 10.2 Å². The summed E-state index contributed by atoms with van der Waals surface area (Å²) in [6.07, 6.45) is 6.18. The van der Waals surface area contributed by atoms with Crippen LogP contribution in [0.5, 0.6) is 0 Å². The van der Waals surface area contributed by atoms with Crippen LogP contribution in [0.2, 0.25) is 0 Å². The molecule has 2 fully saturated rings. The average molecular weight is 423 g/mol. The number of nitrogens with one attached hydrogen (secondary N) is 1. The molecule has 2 aromatic heterocycles. The number of para-hydroxylation sites is 1. The van der Waals surface area contributed by atoms with Gasteiger partial charge in [-0.05, 0) is 61.5 Å². The molecule has 0 aliphatic carbocycles. The molecule has 0 radical (unpaired) electrons. The van der Waals surface area contributed by atoms with E-state index >= 15 is 0 Å². The molecule has 30 heavy (non-hydrogen) atoms. The second-order valence-electron chi connectivity index (χ2n) is 7.67. The van der Waals surface area contributed by atoms with E-state index in [0.29, 0.717) is 10.8 Å². The van der Waals surface area contributed by atoms with Crippen LogP contribution in [0.1, 0.15) is 36.3 Å². The second kappa shape index (κ2) is 8.16. The van der Waals surface area contributed by atoms with Gasteiger partial charge in [-0.1, -0.05) is 18.2 Å². The minimum atomic E-state index is -0.300. The van der Waals surface area contributed by atoms with Crippen molar-refractivity contribution in [1.29, 1.82) is 0 Å². The van der Waals surface area contributed by atoms with E-state index in [4.69, 9.17) is 17.0 Å². The highest BCUT2D eigenvalue weighted by Gasteiger charge is 2.43. The molecule has 154 valence electrons. The quantitative estimate of drug-likeness (QED) is 0.618. The van der Waals surface area contributed by atoms with Crippen molar-refractivity contribution >= 4 is 23.0 Å². The number of benzene rings is 1. The predicted octanol–water partition coefficient (Wildman–Crippen LogP) is 4.38. The third-order valence-electron chi connectivity index (χ3n) is 5.80. The van der Waals surface area contributed by atoms with Crippen LogP contribution >= 0.6 is 12.2 Å². The molecule has 2 aliphatic rings. The van der Waals surface area contributed by atoms with Gasteiger partial charge < -0.3 is 19.5 Å². The lowest BCUT2D eigenvalue weighted by atomic mass is 10.0. The van der Waals surface area contributed by atoms with Crippen molar-refractivity contribution < 1.29 is 9.13 Å². The van der Waals surface area contributed by atoms with Gasteiger partial charge in [0, 0.05) is 31.2 Å². The van der Waals surface area contributed by atoms with E-state index in [9.17, 15) is 4.39 Å². The Hall–Kier alpha value is -2.77. The third kappa shape index (κ3) is 3.48. The van der Waals surface area contributed by atoms with Crippen LogP contribution in [0.4, 0.5) is 10.1 Å². The first-order chi connectivity index (χ1) is 14.7. The van der Waals surface area contributed by atoms with Crippen LogP contribution in [-0.4, -0.2) is 27.4 Å². The molecular weight excluding hydrogens is 399 g/mol. The number of halogens is 1. The zero-order chi connectivity index (χ0) is 20.5. The first-order valence-electron chi connectivity index (χ1n) is 10.2. The smallest absolute Gasteiger partial charge is 0.174 e. The molecule has 3 aromatic rings. The van der Waals surface area contributed by atoms with Crippen molar-refractivity contribution in [1.82, 2.24) is 14.9 Å². The Kier molecular flexibility index (Phi) is 5.23. The molecular formula is C23H23FN4OS. The van der Waals surface area contributed by atoms with Gasteiger partial charge in [0.15, 0.2) is 5.11 Å². The Morgan fingerprint density at radius 2 is 2.00 bits per heavy atom. The molecule has 0 saturated carbocycles. The highest BCUT2D eigenvalue weighted by molar-refractivity contribution is 7.80. The average Bonchev–Trinajstić information content (AvgIpc) is 3.50. The van der Waals surface area contributed by atoms with Gasteiger partial charge in [0.25, 0.3) is 0 Å². The number of pyridine rings is 1. The lowest BCUT2D eigenvalue weighted by Gasteiger charge is -2.29. The van der Waals surface area contributed by atoms with Gasteiger partial charge in [-0.2, -0.15) is 0 Å². The number of thiocarbonyl (C=S) groups is 1. The van der Waals surface area contributed by atoms with Gasteiger partial charge in [-0.25, -0.2) is 4.39 Å². The molecule has 3 unspecified atom stereocenters. The topological polar surface area (TPSA) is 42.3 Å². The number of aromatic nitrogens is 2. The Bertz CT molecular complexity index is 1030. The van der Waals surface area contributed by atoms with E-state index in [1.165, 1.54) is 6.07 Å². The zero-order valence-electron chi connectivity index (χ0n) is 16.4. The van der Waals surface area contributed by atoms with Crippen LogP contribution in [0.3, 0.4) is 0 Å². The molecule has 5 nitrogen and oxygen atoms in total. The van der Waals surface area contributed by atoms with Gasteiger partial charge in [-0.15, -0.1) is 0 Å². The van der Waals surface area contributed by atoms with E-state index in [-0.39, 0.29) is 24.0 Å². The SMILES string of the molecule is Fc1ccccc1N1C(=S)NC(c2ccccn2)C1c1cccn1CC1CCCO1. The first-order valence-corrected chi connectivity index (χ1v) is 10.6. The van der Waals surface area contributed by atoms with Gasteiger partial charge in [-0.3, -0.25) is 4.98 Å². The van der Waals surface area contributed by atoms with Crippen molar-refractivity contribution in [2.24, 2.45) is 0 Å². The molecule has 3 atom stereocenters. The van der Waals surface area contributed by atoms with Gasteiger partial charge in [0.1, 0.15) is 11.9 Å². The summed E-state index contributed by atoms with van der Waals surface area (Å²) in [4.78, 5) is 6.44. The lowest BCUT2D eigenvalue weighted by molar-refractivity contribution is 0.0961. The summed E-state index contributed by atoms with van der Waals surface area (Å²) in [5.74, 6) is -0.300. The maximum Gasteiger partial charge on any atom is 0.174 e. The molecule has 2 aliphatic heterocycles. The van der Waals surface area contributed by atoms with E-state index in [2.05, 4.69) is 27.1 Å². The molecule has 0 spiro atoms. The van der Waals surface area contributed by atoms with Crippen molar-refractivity contribution in [2.75, 3.05) is 11.5 Å². The second-order valence-corrected chi connectivity index (χ2v) is 8.06.